The Morgan fingerprint density at radius 1 is 1.32 bits per heavy atom. The van der Waals surface area contributed by atoms with Gasteiger partial charge in [-0.2, -0.15) is 5.10 Å². The molecule has 0 spiro atoms. The summed E-state index contributed by atoms with van der Waals surface area (Å²) in [4.78, 5) is 8.40. The standard InChI is InChI=1S/C13H13N5O/c1-19-11-3-2-4-16-13(11)12(14)9-7-17-18-6-5-15-8-10(9)18/h2-8,12H,14H2,1H3. The molecule has 3 aromatic rings. The number of aromatic nitrogens is 4. The van der Waals surface area contributed by atoms with Crippen molar-refractivity contribution in [2.45, 2.75) is 6.04 Å². The number of fused-ring (bicyclic) bond motifs is 1. The van der Waals surface area contributed by atoms with E-state index in [2.05, 4.69) is 15.1 Å². The Morgan fingerprint density at radius 3 is 3.05 bits per heavy atom. The fraction of sp³-hybridized carbons (Fsp3) is 0.154. The van der Waals surface area contributed by atoms with Crippen LogP contribution in [0, 0.1) is 0 Å². The lowest BCUT2D eigenvalue weighted by Crippen LogP contribution is -2.14. The maximum atomic E-state index is 6.28. The number of nitrogens with zero attached hydrogens (tertiary/aromatic N) is 4. The first kappa shape index (κ1) is 11.6. The van der Waals surface area contributed by atoms with Crippen LogP contribution in [0.15, 0.2) is 43.1 Å². The van der Waals surface area contributed by atoms with Crippen molar-refractivity contribution >= 4 is 5.52 Å². The summed E-state index contributed by atoms with van der Waals surface area (Å²) in [5.41, 5.74) is 8.69. The fourth-order valence-electron chi connectivity index (χ4n) is 2.05. The van der Waals surface area contributed by atoms with Gasteiger partial charge in [-0.05, 0) is 12.1 Å². The Labute approximate surface area is 109 Å². The zero-order valence-electron chi connectivity index (χ0n) is 10.4. The quantitative estimate of drug-likeness (QED) is 0.760. The molecule has 0 saturated heterocycles. The van der Waals surface area contributed by atoms with Crippen molar-refractivity contribution in [3.05, 3.63) is 54.4 Å². The highest BCUT2D eigenvalue weighted by atomic mass is 16.5. The van der Waals surface area contributed by atoms with E-state index in [1.165, 1.54) is 0 Å². The molecule has 6 heteroatoms. The van der Waals surface area contributed by atoms with Crippen LogP contribution in [0.4, 0.5) is 0 Å². The molecular weight excluding hydrogens is 242 g/mol. The number of rotatable bonds is 3. The summed E-state index contributed by atoms with van der Waals surface area (Å²) in [6.07, 6.45) is 8.62. The molecule has 0 bridgehead atoms. The van der Waals surface area contributed by atoms with E-state index in [1.54, 1.807) is 42.6 Å². The van der Waals surface area contributed by atoms with Crippen LogP contribution < -0.4 is 10.5 Å². The molecule has 3 rings (SSSR count). The Morgan fingerprint density at radius 2 is 2.21 bits per heavy atom. The van der Waals surface area contributed by atoms with Crippen molar-refractivity contribution in [2.75, 3.05) is 7.11 Å². The molecule has 96 valence electrons. The number of nitrogens with two attached hydrogens (primary N) is 1. The highest BCUT2D eigenvalue weighted by Crippen LogP contribution is 2.27. The second kappa shape index (κ2) is 4.66. The molecule has 0 aliphatic carbocycles. The van der Waals surface area contributed by atoms with E-state index in [9.17, 15) is 0 Å². The summed E-state index contributed by atoms with van der Waals surface area (Å²) >= 11 is 0. The van der Waals surface area contributed by atoms with Crippen LogP contribution in [0.5, 0.6) is 5.75 Å². The lowest BCUT2D eigenvalue weighted by molar-refractivity contribution is 0.404. The van der Waals surface area contributed by atoms with Gasteiger partial charge in [0.25, 0.3) is 0 Å². The van der Waals surface area contributed by atoms with E-state index in [-0.39, 0.29) is 0 Å². The summed E-state index contributed by atoms with van der Waals surface area (Å²) in [6, 6.07) is 3.25. The third-order valence-electron chi connectivity index (χ3n) is 3.00. The Hall–Kier alpha value is -2.47. The predicted octanol–water partition coefficient (Wildman–Crippen LogP) is 1.18. The van der Waals surface area contributed by atoms with E-state index in [1.807, 2.05) is 12.1 Å². The second-order valence-electron chi connectivity index (χ2n) is 4.07. The highest BCUT2D eigenvalue weighted by Gasteiger charge is 2.19. The lowest BCUT2D eigenvalue weighted by atomic mass is 10.1. The molecule has 6 nitrogen and oxygen atoms in total. The first-order valence-corrected chi connectivity index (χ1v) is 5.83. The van der Waals surface area contributed by atoms with Crippen molar-refractivity contribution in [3.8, 4) is 5.75 Å². The number of methoxy groups -OCH3 is 1. The molecule has 0 fully saturated rings. The van der Waals surface area contributed by atoms with Gasteiger partial charge in [-0.25, -0.2) is 4.52 Å². The van der Waals surface area contributed by atoms with Gasteiger partial charge in [0, 0.05) is 24.2 Å². The lowest BCUT2D eigenvalue weighted by Gasteiger charge is -2.13. The van der Waals surface area contributed by atoms with Gasteiger partial charge in [-0.3, -0.25) is 9.97 Å². The second-order valence-corrected chi connectivity index (χ2v) is 4.07. The minimum atomic E-state index is -0.405. The van der Waals surface area contributed by atoms with Gasteiger partial charge in [0.05, 0.1) is 31.1 Å². The van der Waals surface area contributed by atoms with Crippen LogP contribution >= 0.6 is 0 Å². The average Bonchev–Trinajstić information content (AvgIpc) is 2.90. The summed E-state index contributed by atoms with van der Waals surface area (Å²) in [6.45, 7) is 0. The average molecular weight is 255 g/mol. The van der Waals surface area contributed by atoms with E-state index < -0.39 is 6.04 Å². The summed E-state index contributed by atoms with van der Waals surface area (Å²) in [5.74, 6) is 0.665. The molecule has 0 radical (unpaired) electrons. The van der Waals surface area contributed by atoms with Gasteiger partial charge in [0.15, 0.2) is 0 Å². The first-order valence-electron chi connectivity index (χ1n) is 5.83. The third-order valence-corrected chi connectivity index (χ3v) is 3.00. The normalized spacial score (nSPS) is 12.5. The van der Waals surface area contributed by atoms with Crippen molar-refractivity contribution < 1.29 is 4.74 Å². The van der Waals surface area contributed by atoms with Gasteiger partial charge in [0.2, 0.25) is 0 Å². The van der Waals surface area contributed by atoms with Gasteiger partial charge in [-0.15, -0.1) is 0 Å². The van der Waals surface area contributed by atoms with Crippen LogP contribution in [0.1, 0.15) is 17.3 Å². The maximum Gasteiger partial charge on any atom is 0.142 e. The van der Waals surface area contributed by atoms with Crippen LogP contribution in [-0.2, 0) is 0 Å². The topological polar surface area (TPSA) is 78.3 Å². The Bertz CT molecular complexity index is 709. The van der Waals surface area contributed by atoms with Gasteiger partial charge < -0.3 is 10.5 Å². The largest absolute Gasteiger partial charge is 0.495 e. The SMILES string of the molecule is COc1cccnc1C(N)c1cnn2ccncc12. The number of hydrogen-bond acceptors (Lipinski definition) is 5. The zero-order valence-corrected chi connectivity index (χ0v) is 10.4. The van der Waals surface area contributed by atoms with E-state index in [4.69, 9.17) is 10.5 Å². The highest BCUT2D eigenvalue weighted by molar-refractivity contribution is 5.55. The molecule has 0 amide bonds. The number of pyridine rings is 1. The van der Waals surface area contributed by atoms with Crippen molar-refractivity contribution in [1.82, 2.24) is 19.6 Å². The monoisotopic (exact) mass is 255 g/mol. The van der Waals surface area contributed by atoms with Crippen LogP contribution in [0.2, 0.25) is 0 Å². The van der Waals surface area contributed by atoms with Gasteiger partial charge >= 0.3 is 0 Å². The van der Waals surface area contributed by atoms with E-state index >= 15 is 0 Å². The Balaban J connectivity index is 2.11. The Kier molecular flexibility index (Phi) is 2.85. The summed E-state index contributed by atoms with van der Waals surface area (Å²) in [5, 5.41) is 4.25. The van der Waals surface area contributed by atoms with Crippen molar-refractivity contribution in [1.29, 1.82) is 0 Å². The maximum absolute atomic E-state index is 6.28. The van der Waals surface area contributed by atoms with Gasteiger partial charge in [-0.1, -0.05) is 0 Å². The number of ether oxygens (including phenoxy) is 1. The third kappa shape index (κ3) is 1.92. The van der Waals surface area contributed by atoms with Crippen molar-refractivity contribution in [3.63, 3.8) is 0 Å². The first-order chi connectivity index (χ1) is 9.31. The van der Waals surface area contributed by atoms with Gasteiger partial charge in [0.1, 0.15) is 11.4 Å². The van der Waals surface area contributed by atoms with Crippen LogP contribution in [-0.4, -0.2) is 26.7 Å². The van der Waals surface area contributed by atoms with E-state index in [0.29, 0.717) is 11.4 Å². The molecule has 1 atom stereocenters. The summed E-state index contributed by atoms with van der Waals surface area (Å²) < 4.78 is 7.02. The molecule has 19 heavy (non-hydrogen) atoms. The molecule has 0 aliphatic rings. The minimum absolute atomic E-state index is 0.405. The molecule has 2 N–H and O–H groups in total. The number of hydrogen-bond donors (Lipinski definition) is 1. The molecule has 0 aliphatic heterocycles. The molecule has 0 aromatic carbocycles. The molecule has 3 aromatic heterocycles. The molecule has 3 heterocycles. The molecular formula is C13H13N5O. The smallest absolute Gasteiger partial charge is 0.142 e. The zero-order chi connectivity index (χ0) is 13.2. The van der Waals surface area contributed by atoms with Crippen LogP contribution in [0.3, 0.4) is 0 Å². The fourth-order valence-corrected chi connectivity index (χ4v) is 2.05. The van der Waals surface area contributed by atoms with E-state index in [0.717, 1.165) is 11.1 Å². The molecule has 0 saturated carbocycles. The minimum Gasteiger partial charge on any atom is -0.495 e. The summed E-state index contributed by atoms with van der Waals surface area (Å²) in [7, 11) is 1.60. The van der Waals surface area contributed by atoms with Crippen LogP contribution in [0.25, 0.3) is 5.52 Å². The van der Waals surface area contributed by atoms with Crippen molar-refractivity contribution in [2.24, 2.45) is 5.73 Å². The predicted molar refractivity (Wildman–Crippen MR) is 69.8 cm³/mol. The molecule has 1 unspecified atom stereocenters.